The van der Waals surface area contributed by atoms with Gasteiger partial charge >= 0.3 is 0 Å². The summed E-state index contributed by atoms with van der Waals surface area (Å²) in [4.78, 5) is 63.8. The topological polar surface area (TPSA) is 130 Å². The van der Waals surface area contributed by atoms with Gasteiger partial charge in [-0.3, -0.25) is 19.3 Å². The van der Waals surface area contributed by atoms with Crippen molar-refractivity contribution >= 4 is 17.7 Å². The summed E-state index contributed by atoms with van der Waals surface area (Å²) in [6, 6.07) is 35.1. The second kappa shape index (κ2) is 17.8. The van der Waals surface area contributed by atoms with Gasteiger partial charge in [0, 0.05) is 32.1 Å². The van der Waals surface area contributed by atoms with Crippen molar-refractivity contribution in [3.63, 3.8) is 0 Å². The van der Waals surface area contributed by atoms with Gasteiger partial charge < -0.3 is 25.1 Å². The number of amides is 3. The largest absolute Gasteiger partial charge is 0.354 e. The maximum Gasteiger partial charge on any atom is 0.269 e. The molecule has 11 nitrogen and oxygen atoms in total. The number of carbonyl (C=O) groups excluding carboxylic acids is 3. The van der Waals surface area contributed by atoms with Crippen molar-refractivity contribution < 1.29 is 14.4 Å². The molecule has 4 aromatic carbocycles. The number of rotatable bonds is 11. The van der Waals surface area contributed by atoms with Crippen molar-refractivity contribution in [2.45, 2.75) is 63.1 Å². The minimum atomic E-state index is -0.627. The third-order valence-corrected chi connectivity index (χ3v) is 12.2. The van der Waals surface area contributed by atoms with Crippen LogP contribution in [0.4, 0.5) is 0 Å². The summed E-state index contributed by atoms with van der Waals surface area (Å²) in [5, 5.41) is 2.76. The Bertz CT molecular complexity index is 2550. The van der Waals surface area contributed by atoms with E-state index in [1.165, 1.54) is 6.42 Å². The molecule has 0 aliphatic carbocycles. The van der Waals surface area contributed by atoms with Gasteiger partial charge in [0.15, 0.2) is 6.04 Å². The Kier molecular flexibility index (Phi) is 11.6. The second-order valence-electron chi connectivity index (χ2n) is 16.1. The Balaban J connectivity index is 0.923. The molecule has 6 aromatic rings. The number of aromatic nitrogens is 4. The third-order valence-electron chi connectivity index (χ3n) is 12.2. The fourth-order valence-corrected chi connectivity index (χ4v) is 9.04. The van der Waals surface area contributed by atoms with Crippen molar-refractivity contribution in [1.29, 1.82) is 0 Å². The van der Waals surface area contributed by atoms with Crippen LogP contribution in [-0.2, 0) is 16.0 Å². The van der Waals surface area contributed by atoms with Gasteiger partial charge in [-0.05, 0) is 66.6 Å². The summed E-state index contributed by atoms with van der Waals surface area (Å²) in [6.07, 6.45) is 7.94. The second-order valence-corrected chi connectivity index (χ2v) is 16.1. The smallest absolute Gasteiger partial charge is 0.269 e. The molecule has 0 saturated carbocycles. The van der Waals surface area contributed by atoms with Gasteiger partial charge in [0.25, 0.3) is 5.91 Å². The Morgan fingerprint density at radius 3 is 2.11 bits per heavy atom. The number of H-pyrrole nitrogens is 2. The van der Waals surface area contributed by atoms with E-state index in [0.717, 1.165) is 90.2 Å². The van der Waals surface area contributed by atoms with E-state index in [-0.39, 0.29) is 23.8 Å². The Morgan fingerprint density at radius 1 is 0.738 bits per heavy atom. The van der Waals surface area contributed by atoms with Crippen LogP contribution in [-0.4, -0.2) is 85.6 Å². The van der Waals surface area contributed by atoms with Crippen LogP contribution in [0.1, 0.15) is 89.9 Å². The zero-order valence-corrected chi connectivity index (χ0v) is 34.4. The fourth-order valence-electron chi connectivity index (χ4n) is 9.04. The summed E-state index contributed by atoms with van der Waals surface area (Å²) in [5.41, 5.74) is 7.54. The Labute approximate surface area is 356 Å². The third kappa shape index (κ3) is 8.37. The van der Waals surface area contributed by atoms with Crippen LogP contribution in [0.15, 0.2) is 115 Å². The molecule has 3 N–H and O–H groups in total. The first-order valence-corrected chi connectivity index (χ1v) is 21.4. The van der Waals surface area contributed by atoms with E-state index >= 15 is 0 Å². The molecule has 2 saturated heterocycles. The molecule has 0 spiro atoms. The maximum atomic E-state index is 14.6. The van der Waals surface area contributed by atoms with E-state index in [2.05, 4.69) is 56.3 Å². The molecule has 0 unspecified atom stereocenters. The van der Waals surface area contributed by atoms with Crippen LogP contribution in [0.3, 0.4) is 0 Å². The summed E-state index contributed by atoms with van der Waals surface area (Å²) in [6.45, 7) is 2.94. The maximum absolute atomic E-state index is 14.6. The minimum Gasteiger partial charge on any atom is -0.354 e. The number of aromatic amines is 2. The summed E-state index contributed by atoms with van der Waals surface area (Å²) < 4.78 is 0. The van der Waals surface area contributed by atoms with Crippen molar-refractivity contribution in [2.75, 3.05) is 33.2 Å². The average molecular weight is 811 g/mol. The molecule has 3 aliphatic rings. The van der Waals surface area contributed by atoms with Crippen molar-refractivity contribution in [3.8, 4) is 45.5 Å². The molecular weight excluding hydrogens is 761 g/mol. The first-order valence-electron chi connectivity index (χ1n) is 21.4. The monoisotopic (exact) mass is 810 g/mol. The highest BCUT2D eigenvalue weighted by Crippen LogP contribution is 2.35. The van der Waals surface area contributed by atoms with Crippen LogP contribution < -0.4 is 5.32 Å². The number of imidazole rings is 2. The zero-order chi connectivity index (χ0) is 41.7. The van der Waals surface area contributed by atoms with E-state index in [1.807, 2.05) is 101 Å². The van der Waals surface area contributed by atoms with Crippen LogP contribution in [0.2, 0.25) is 0 Å². The Morgan fingerprint density at radius 2 is 1.41 bits per heavy atom. The van der Waals surface area contributed by atoms with Gasteiger partial charge in [0.05, 0.1) is 24.4 Å². The SMILES string of the molecule is CNC(=O)c1[nH]c([C@@H]2C#CCCN2C(=O)[C@@H](c2ccccc2)N2CCCCC2)nc1-c1ccc(-c2ccc(-c3cnc([C@@H]4CCCN4C(=O)Cc4ccccc4)[nH]3)cc2)cc1. The van der Waals surface area contributed by atoms with Gasteiger partial charge in [-0.2, -0.15) is 0 Å². The molecular formula is C50H50N8O3. The van der Waals surface area contributed by atoms with Crippen molar-refractivity contribution in [1.82, 2.24) is 40.0 Å². The van der Waals surface area contributed by atoms with Crippen LogP contribution in [0, 0.1) is 11.8 Å². The molecule has 9 rings (SSSR count). The molecule has 2 fully saturated rings. The molecule has 61 heavy (non-hydrogen) atoms. The minimum absolute atomic E-state index is 0.00126. The van der Waals surface area contributed by atoms with E-state index in [1.54, 1.807) is 7.05 Å². The predicted octanol–water partition coefficient (Wildman–Crippen LogP) is 7.90. The van der Waals surface area contributed by atoms with Gasteiger partial charge in [-0.15, -0.1) is 0 Å². The number of piperidine rings is 1. The van der Waals surface area contributed by atoms with E-state index in [0.29, 0.717) is 36.6 Å². The molecule has 5 heterocycles. The number of hydrogen-bond donors (Lipinski definition) is 3. The van der Waals surface area contributed by atoms with Crippen molar-refractivity contribution in [3.05, 3.63) is 144 Å². The Hall–Kier alpha value is -6.77. The molecule has 308 valence electrons. The highest BCUT2D eigenvalue weighted by atomic mass is 16.2. The summed E-state index contributed by atoms with van der Waals surface area (Å²) >= 11 is 0. The lowest BCUT2D eigenvalue weighted by molar-refractivity contribution is -0.139. The zero-order valence-electron chi connectivity index (χ0n) is 34.4. The molecule has 3 atom stereocenters. The lowest BCUT2D eigenvalue weighted by atomic mass is 9.99. The van der Waals surface area contributed by atoms with Crippen LogP contribution in [0.25, 0.3) is 33.6 Å². The highest BCUT2D eigenvalue weighted by Gasteiger charge is 2.38. The predicted molar refractivity (Wildman–Crippen MR) is 236 cm³/mol. The number of hydrogen-bond acceptors (Lipinski definition) is 6. The molecule has 2 aromatic heterocycles. The van der Waals surface area contributed by atoms with Gasteiger partial charge in [-0.25, -0.2) is 9.97 Å². The highest BCUT2D eigenvalue weighted by molar-refractivity contribution is 5.98. The van der Waals surface area contributed by atoms with Crippen LogP contribution >= 0.6 is 0 Å². The van der Waals surface area contributed by atoms with Gasteiger partial charge in [0.2, 0.25) is 11.8 Å². The molecule has 0 radical (unpaired) electrons. The normalized spacial score (nSPS) is 18.3. The number of carbonyl (C=O) groups is 3. The lowest BCUT2D eigenvalue weighted by Gasteiger charge is -2.38. The first-order chi connectivity index (χ1) is 29.9. The summed E-state index contributed by atoms with van der Waals surface area (Å²) in [5.74, 6) is 7.62. The average Bonchev–Trinajstić information content (AvgIpc) is 4.11. The van der Waals surface area contributed by atoms with Crippen molar-refractivity contribution in [2.24, 2.45) is 0 Å². The number of benzene rings is 4. The number of nitrogens with zero attached hydrogens (tertiary/aromatic N) is 5. The number of likely N-dealkylation sites (tertiary alicyclic amines) is 2. The van der Waals surface area contributed by atoms with E-state index in [4.69, 9.17) is 9.97 Å². The van der Waals surface area contributed by atoms with Gasteiger partial charge in [-0.1, -0.05) is 127 Å². The molecule has 3 amide bonds. The molecule has 11 heteroatoms. The first kappa shape index (κ1) is 39.7. The lowest BCUT2D eigenvalue weighted by Crippen LogP contribution is -2.47. The molecule has 0 bridgehead atoms. The fraction of sp³-hybridized carbons (Fsp3) is 0.300. The molecule has 3 aliphatic heterocycles. The number of nitrogens with one attached hydrogen (secondary N) is 3. The van der Waals surface area contributed by atoms with Crippen LogP contribution in [0.5, 0.6) is 0 Å². The summed E-state index contributed by atoms with van der Waals surface area (Å²) in [7, 11) is 1.60. The van der Waals surface area contributed by atoms with Gasteiger partial charge in [0.1, 0.15) is 29.1 Å². The van der Waals surface area contributed by atoms with E-state index in [9.17, 15) is 14.4 Å². The van der Waals surface area contributed by atoms with E-state index < -0.39 is 12.1 Å². The standard InChI is InChI=1S/C50H50N8O3/c1-51-49(60)45-44(54-48(55-45)42-18-9-12-30-58(42)50(61)46(39-16-7-3-8-17-39)56-28-10-4-11-29-56)38-26-22-36(23-27-38)35-20-24-37(25-21-35)40-33-52-47(53-40)41-19-13-31-57(41)43(59)32-34-14-5-2-6-15-34/h2-3,5-8,14-17,20-27,33,41-42,46H,4,10-13,19,28-32H2,1H3,(H,51,60)(H,52,53)(H,54,55)/t41-,42-,46+/m0/s1. The quantitative estimate of drug-likeness (QED) is 0.114.